The van der Waals surface area contributed by atoms with Gasteiger partial charge in [0.1, 0.15) is 17.7 Å². The first-order valence-corrected chi connectivity index (χ1v) is 7.92. The number of nitrogens with one attached hydrogen (secondary N) is 2. The van der Waals surface area contributed by atoms with E-state index in [0.29, 0.717) is 6.42 Å². The van der Waals surface area contributed by atoms with Crippen LogP contribution >= 0.6 is 0 Å². The van der Waals surface area contributed by atoms with Gasteiger partial charge in [-0.05, 0) is 39.0 Å². The minimum Gasteiger partial charge on any atom is -0.444 e. The number of hydrogen-bond acceptors (Lipinski definition) is 4. The van der Waals surface area contributed by atoms with E-state index in [1.165, 1.54) is 0 Å². The minimum atomic E-state index is -0.807. The molecule has 4 N–H and O–H groups in total. The monoisotopic (exact) mass is 329 g/mol. The maximum atomic E-state index is 12.4. The van der Waals surface area contributed by atoms with Crippen LogP contribution in [0, 0.1) is 11.8 Å². The molecule has 0 fully saturated rings. The summed E-state index contributed by atoms with van der Waals surface area (Å²) in [5.41, 5.74) is 4.67. The number of alkyl carbamates (subject to hydrolysis) is 1. The summed E-state index contributed by atoms with van der Waals surface area (Å²) < 4.78 is 5.16. The largest absolute Gasteiger partial charge is 0.444 e. The molecular formula is C16H31N3O4. The molecule has 0 radical (unpaired) electrons. The molecule has 0 aromatic rings. The fraction of sp³-hybridized carbons (Fsp3) is 0.812. The third kappa shape index (κ3) is 9.05. The molecule has 0 aromatic carbocycles. The fourth-order valence-electron chi connectivity index (χ4n) is 1.95. The zero-order chi connectivity index (χ0) is 18.4. The van der Waals surface area contributed by atoms with Crippen LogP contribution in [0.2, 0.25) is 0 Å². The molecule has 7 heteroatoms. The van der Waals surface area contributed by atoms with E-state index in [4.69, 9.17) is 10.5 Å². The van der Waals surface area contributed by atoms with Gasteiger partial charge in [-0.25, -0.2) is 4.79 Å². The zero-order valence-electron chi connectivity index (χ0n) is 15.2. The number of hydrogen-bond donors (Lipinski definition) is 3. The highest BCUT2D eigenvalue weighted by Gasteiger charge is 2.29. The molecule has 7 nitrogen and oxygen atoms in total. The van der Waals surface area contributed by atoms with Crippen LogP contribution in [0.15, 0.2) is 0 Å². The predicted octanol–water partition coefficient (Wildman–Crippen LogP) is 1.55. The number of primary amides is 1. The molecule has 0 saturated heterocycles. The SMILES string of the molecule is CC(C)C[C@@H](NC(=O)[C@@H](NC(=O)OC(C)(C)C)C(C)C)C(N)=O. The number of carbonyl (C=O) groups excluding carboxylic acids is 3. The van der Waals surface area contributed by atoms with Gasteiger partial charge in [-0.15, -0.1) is 0 Å². The van der Waals surface area contributed by atoms with Gasteiger partial charge in [-0.2, -0.15) is 0 Å². The summed E-state index contributed by atoms with van der Waals surface area (Å²) in [4.78, 5) is 35.7. The third-order valence-corrected chi connectivity index (χ3v) is 2.99. The minimum absolute atomic E-state index is 0.171. The Bertz CT molecular complexity index is 428. The quantitative estimate of drug-likeness (QED) is 0.658. The predicted molar refractivity (Wildman–Crippen MR) is 88.6 cm³/mol. The number of carbonyl (C=O) groups is 3. The van der Waals surface area contributed by atoms with E-state index in [1.807, 2.05) is 13.8 Å². The van der Waals surface area contributed by atoms with Crippen molar-refractivity contribution in [2.75, 3.05) is 0 Å². The smallest absolute Gasteiger partial charge is 0.408 e. The van der Waals surface area contributed by atoms with Gasteiger partial charge in [-0.3, -0.25) is 9.59 Å². The van der Waals surface area contributed by atoms with Crippen molar-refractivity contribution in [3.8, 4) is 0 Å². The number of ether oxygens (including phenoxy) is 1. The van der Waals surface area contributed by atoms with E-state index in [2.05, 4.69) is 10.6 Å². The van der Waals surface area contributed by atoms with E-state index < -0.39 is 35.6 Å². The van der Waals surface area contributed by atoms with Gasteiger partial charge in [0.15, 0.2) is 0 Å². The Kier molecular flexibility index (Phi) is 8.06. The Morgan fingerprint density at radius 1 is 1.04 bits per heavy atom. The molecule has 0 rings (SSSR count). The van der Waals surface area contributed by atoms with Gasteiger partial charge in [0.2, 0.25) is 11.8 Å². The Morgan fingerprint density at radius 2 is 1.57 bits per heavy atom. The Balaban J connectivity index is 4.91. The molecule has 0 aliphatic carbocycles. The first-order valence-electron chi connectivity index (χ1n) is 7.92. The fourth-order valence-corrected chi connectivity index (χ4v) is 1.95. The second-order valence-electron chi connectivity index (χ2n) is 7.46. The molecule has 0 heterocycles. The van der Waals surface area contributed by atoms with Crippen LogP contribution in [0.4, 0.5) is 4.79 Å². The van der Waals surface area contributed by atoms with Crippen LogP contribution in [0.5, 0.6) is 0 Å². The van der Waals surface area contributed by atoms with E-state index in [-0.39, 0.29) is 11.8 Å². The first kappa shape index (κ1) is 21.2. The molecule has 0 aliphatic rings. The van der Waals surface area contributed by atoms with Crippen molar-refractivity contribution in [3.63, 3.8) is 0 Å². The van der Waals surface area contributed by atoms with Gasteiger partial charge in [0.05, 0.1) is 0 Å². The van der Waals surface area contributed by atoms with Crippen molar-refractivity contribution in [1.29, 1.82) is 0 Å². The Hall–Kier alpha value is -1.79. The molecule has 3 amide bonds. The lowest BCUT2D eigenvalue weighted by Crippen LogP contribution is -2.55. The van der Waals surface area contributed by atoms with E-state index in [1.54, 1.807) is 34.6 Å². The average molecular weight is 329 g/mol. The molecule has 2 atom stereocenters. The standard InChI is InChI=1S/C16H31N3O4/c1-9(2)8-11(13(17)20)18-14(21)12(10(3)4)19-15(22)23-16(5,6)7/h9-12H,8H2,1-7H3,(H2,17,20)(H,18,21)(H,19,22)/t11-,12+/m1/s1. The summed E-state index contributed by atoms with van der Waals surface area (Å²) >= 11 is 0. The van der Waals surface area contributed by atoms with Crippen LogP contribution in [0.3, 0.4) is 0 Å². The van der Waals surface area contributed by atoms with Gasteiger partial charge < -0.3 is 21.1 Å². The highest BCUT2D eigenvalue weighted by Crippen LogP contribution is 2.10. The lowest BCUT2D eigenvalue weighted by atomic mass is 10.0. The zero-order valence-corrected chi connectivity index (χ0v) is 15.2. The lowest BCUT2D eigenvalue weighted by Gasteiger charge is -2.27. The second kappa shape index (κ2) is 8.74. The molecular weight excluding hydrogens is 298 g/mol. The van der Waals surface area contributed by atoms with Crippen LogP contribution in [0.1, 0.15) is 54.9 Å². The first-order chi connectivity index (χ1) is 10.3. The Morgan fingerprint density at radius 3 is 1.91 bits per heavy atom. The van der Waals surface area contributed by atoms with Crippen molar-refractivity contribution in [3.05, 3.63) is 0 Å². The molecule has 0 aromatic heterocycles. The molecule has 0 bridgehead atoms. The molecule has 0 unspecified atom stereocenters. The van der Waals surface area contributed by atoms with Gasteiger partial charge >= 0.3 is 6.09 Å². The van der Waals surface area contributed by atoms with Crippen LogP contribution < -0.4 is 16.4 Å². The maximum Gasteiger partial charge on any atom is 0.408 e. The van der Waals surface area contributed by atoms with E-state index >= 15 is 0 Å². The van der Waals surface area contributed by atoms with Gasteiger partial charge in [0.25, 0.3) is 0 Å². The molecule has 0 saturated carbocycles. The average Bonchev–Trinajstić information content (AvgIpc) is 2.31. The van der Waals surface area contributed by atoms with Crippen molar-refractivity contribution in [1.82, 2.24) is 10.6 Å². The topological polar surface area (TPSA) is 111 Å². The third-order valence-electron chi connectivity index (χ3n) is 2.99. The summed E-state index contributed by atoms with van der Waals surface area (Å²) in [6.07, 6.45) is -0.232. The van der Waals surface area contributed by atoms with E-state index in [0.717, 1.165) is 0 Å². The lowest BCUT2D eigenvalue weighted by molar-refractivity contribution is -0.129. The number of rotatable bonds is 7. The number of amides is 3. The van der Waals surface area contributed by atoms with Crippen LogP contribution in [0.25, 0.3) is 0 Å². The normalized spacial score (nSPS) is 14.3. The van der Waals surface area contributed by atoms with E-state index in [9.17, 15) is 14.4 Å². The maximum absolute atomic E-state index is 12.4. The molecule has 23 heavy (non-hydrogen) atoms. The Labute approximate surface area is 138 Å². The van der Waals surface area contributed by atoms with Gasteiger partial charge in [0, 0.05) is 0 Å². The molecule has 0 spiro atoms. The summed E-state index contributed by atoms with van der Waals surface area (Å²) in [7, 11) is 0. The highest BCUT2D eigenvalue weighted by atomic mass is 16.6. The second-order valence-corrected chi connectivity index (χ2v) is 7.46. The van der Waals surface area contributed by atoms with Crippen molar-refractivity contribution < 1.29 is 19.1 Å². The number of nitrogens with two attached hydrogens (primary N) is 1. The van der Waals surface area contributed by atoms with Crippen molar-refractivity contribution in [2.45, 2.75) is 72.6 Å². The van der Waals surface area contributed by atoms with Crippen molar-refractivity contribution in [2.24, 2.45) is 17.6 Å². The van der Waals surface area contributed by atoms with Crippen LogP contribution in [-0.2, 0) is 14.3 Å². The summed E-state index contributed by atoms with van der Waals surface area (Å²) in [6, 6.07) is -1.57. The molecule has 134 valence electrons. The highest BCUT2D eigenvalue weighted by molar-refractivity contribution is 5.90. The summed E-state index contributed by atoms with van der Waals surface area (Å²) in [6.45, 7) is 12.7. The summed E-state index contributed by atoms with van der Waals surface area (Å²) in [5, 5.41) is 5.16. The van der Waals surface area contributed by atoms with Crippen LogP contribution in [-0.4, -0.2) is 35.6 Å². The molecule has 0 aliphatic heterocycles. The van der Waals surface area contributed by atoms with Crippen molar-refractivity contribution >= 4 is 17.9 Å². The van der Waals surface area contributed by atoms with Gasteiger partial charge in [-0.1, -0.05) is 27.7 Å². The summed E-state index contributed by atoms with van der Waals surface area (Å²) in [5.74, 6) is -1.01.